The molecule has 0 radical (unpaired) electrons. The van der Waals surface area contributed by atoms with Gasteiger partial charge < -0.3 is 9.88 Å². The molecule has 4 heteroatoms. The van der Waals surface area contributed by atoms with Crippen molar-refractivity contribution in [1.82, 2.24) is 4.57 Å². The second-order valence-corrected chi connectivity index (χ2v) is 5.18. The summed E-state index contributed by atoms with van der Waals surface area (Å²) in [6.45, 7) is 4.02. The Balaban J connectivity index is 2.25. The van der Waals surface area contributed by atoms with Crippen LogP contribution < -0.4 is 5.32 Å². The molecule has 0 bridgehead atoms. The first-order chi connectivity index (χ1) is 8.49. The summed E-state index contributed by atoms with van der Waals surface area (Å²) in [6, 6.07) is 7.57. The summed E-state index contributed by atoms with van der Waals surface area (Å²) in [6.07, 6.45) is 1.85. The molecule has 1 N–H and O–H groups in total. The van der Waals surface area contributed by atoms with Gasteiger partial charge in [-0.05, 0) is 49.2 Å². The van der Waals surface area contributed by atoms with Crippen molar-refractivity contribution < 1.29 is 4.79 Å². The van der Waals surface area contributed by atoms with Gasteiger partial charge in [0.15, 0.2) is 0 Å². The fourth-order valence-electron chi connectivity index (χ4n) is 1.91. The maximum absolute atomic E-state index is 12.1. The number of halogens is 1. The van der Waals surface area contributed by atoms with Crippen LogP contribution in [0, 0.1) is 13.8 Å². The highest BCUT2D eigenvalue weighted by Crippen LogP contribution is 2.25. The van der Waals surface area contributed by atoms with Crippen molar-refractivity contribution in [2.24, 2.45) is 7.05 Å². The van der Waals surface area contributed by atoms with Crippen LogP contribution in [-0.4, -0.2) is 10.5 Å². The van der Waals surface area contributed by atoms with Crippen LogP contribution in [0.2, 0.25) is 0 Å². The van der Waals surface area contributed by atoms with Gasteiger partial charge in [-0.2, -0.15) is 0 Å². The van der Waals surface area contributed by atoms with Crippen LogP contribution in [0.15, 0.2) is 34.9 Å². The fraction of sp³-hybridized carbons (Fsp3) is 0.214. The molecule has 1 amide bonds. The van der Waals surface area contributed by atoms with Crippen LogP contribution in [-0.2, 0) is 7.05 Å². The molecule has 1 aromatic carbocycles. The molecular formula is C14H15BrN2O. The van der Waals surface area contributed by atoms with Crippen LogP contribution in [0.5, 0.6) is 0 Å². The van der Waals surface area contributed by atoms with Gasteiger partial charge in [0.1, 0.15) is 5.69 Å². The summed E-state index contributed by atoms with van der Waals surface area (Å²) < 4.78 is 2.88. The van der Waals surface area contributed by atoms with Crippen molar-refractivity contribution in [2.45, 2.75) is 13.8 Å². The molecule has 0 fully saturated rings. The van der Waals surface area contributed by atoms with E-state index in [-0.39, 0.29) is 5.91 Å². The number of aromatic nitrogens is 1. The Morgan fingerprint density at radius 2 is 1.89 bits per heavy atom. The first-order valence-electron chi connectivity index (χ1n) is 5.68. The number of carbonyl (C=O) groups is 1. The SMILES string of the molecule is Cc1cc(NC(=O)c2cccn2C)cc(C)c1Br. The Labute approximate surface area is 115 Å². The van der Waals surface area contributed by atoms with E-state index in [2.05, 4.69) is 21.2 Å². The first-order valence-corrected chi connectivity index (χ1v) is 6.48. The van der Waals surface area contributed by atoms with E-state index in [0.29, 0.717) is 5.69 Å². The summed E-state index contributed by atoms with van der Waals surface area (Å²) in [4.78, 5) is 12.1. The fourth-order valence-corrected chi connectivity index (χ4v) is 2.14. The summed E-state index contributed by atoms with van der Waals surface area (Å²) in [5.74, 6) is -0.0939. The Hall–Kier alpha value is -1.55. The van der Waals surface area contributed by atoms with Crippen molar-refractivity contribution in [1.29, 1.82) is 0 Å². The summed E-state index contributed by atoms with van der Waals surface area (Å²) in [5, 5.41) is 2.91. The minimum Gasteiger partial charge on any atom is -0.347 e. The molecule has 0 spiro atoms. The largest absolute Gasteiger partial charge is 0.347 e. The molecule has 0 aliphatic rings. The average molecular weight is 307 g/mol. The van der Waals surface area contributed by atoms with Crippen molar-refractivity contribution in [2.75, 3.05) is 5.32 Å². The zero-order valence-corrected chi connectivity index (χ0v) is 12.2. The quantitative estimate of drug-likeness (QED) is 0.902. The molecule has 2 aromatic rings. The molecule has 1 aromatic heterocycles. The standard InChI is InChI=1S/C14H15BrN2O/c1-9-7-11(8-10(2)13(9)15)16-14(18)12-5-4-6-17(12)3/h4-8H,1-3H3,(H,16,18). The van der Waals surface area contributed by atoms with Crippen LogP contribution >= 0.6 is 15.9 Å². The van der Waals surface area contributed by atoms with E-state index in [4.69, 9.17) is 0 Å². The molecule has 0 saturated heterocycles. The van der Waals surface area contributed by atoms with Gasteiger partial charge in [-0.3, -0.25) is 4.79 Å². The molecule has 94 valence electrons. The molecule has 0 aliphatic carbocycles. The third kappa shape index (κ3) is 2.48. The van der Waals surface area contributed by atoms with Crippen LogP contribution in [0.4, 0.5) is 5.69 Å². The minimum atomic E-state index is -0.0939. The van der Waals surface area contributed by atoms with Gasteiger partial charge in [-0.15, -0.1) is 0 Å². The molecule has 2 rings (SSSR count). The van der Waals surface area contributed by atoms with Gasteiger partial charge in [-0.1, -0.05) is 15.9 Å². The topological polar surface area (TPSA) is 34.0 Å². The van der Waals surface area contributed by atoms with Crippen molar-refractivity contribution in [3.8, 4) is 0 Å². The van der Waals surface area contributed by atoms with Crippen LogP contribution in [0.1, 0.15) is 21.6 Å². The van der Waals surface area contributed by atoms with Crippen molar-refractivity contribution in [3.63, 3.8) is 0 Å². The van der Waals surface area contributed by atoms with Crippen LogP contribution in [0.25, 0.3) is 0 Å². The predicted molar refractivity (Wildman–Crippen MR) is 77.0 cm³/mol. The van der Waals surface area contributed by atoms with Crippen molar-refractivity contribution >= 4 is 27.5 Å². The number of benzene rings is 1. The van der Waals surface area contributed by atoms with Gasteiger partial charge in [0.25, 0.3) is 5.91 Å². The number of hydrogen-bond donors (Lipinski definition) is 1. The Morgan fingerprint density at radius 1 is 1.28 bits per heavy atom. The highest BCUT2D eigenvalue weighted by atomic mass is 79.9. The van der Waals surface area contributed by atoms with Gasteiger partial charge in [0.05, 0.1) is 0 Å². The molecule has 0 aliphatic heterocycles. The van der Waals surface area contributed by atoms with E-state index in [1.807, 2.05) is 45.3 Å². The lowest BCUT2D eigenvalue weighted by Gasteiger charge is -2.10. The predicted octanol–water partition coefficient (Wildman–Crippen LogP) is 3.66. The average Bonchev–Trinajstić information content (AvgIpc) is 2.72. The smallest absolute Gasteiger partial charge is 0.272 e. The molecule has 0 atom stereocenters. The third-order valence-corrected chi connectivity index (χ3v) is 4.12. The molecule has 18 heavy (non-hydrogen) atoms. The number of amides is 1. The zero-order valence-electron chi connectivity index (χ0n) is 10.6. The Bertz CT molecular complexity index is 579. The number of hydrogen-bond acceptors (Lipinski definition) is 1. The highest BCUT2D eigenvalue weighted by Gasteiger charge is 2.10. The van der Waals surface area contributed by atoms with Crippen LogP contribution in [0.3, 0.4) is 0 Å². The second kappa shape index (κ2) is 4.98. The zero-order chi connectivity index (χ0) is 13.3. The van der Waals surface area contributed by atoms with Gasteiger partial charge in [0.2, 0.25) is 0 Å². The number of nitrogens with one attached hydrogen (secondary N) is 1. The second-order valence-electron chi connectivity index (χ2n) is 4.38. The lowest BCUT2D eigenvalue weighted by molar-refractivity contribution is 0.101. The van der Waals surface area contributed by atoms with Crippen molar-refractivity contribution in [3.05, 3.63) is 51.8 Å². The number of nitrogens with zero attached hydrogens (tertiary/aromatic N) is 1. The van der Waals surface area contributed by atoms with E-state index >= 15 is 0 Å². The van der Waals surface area contributed by atoms with Gasteiger partial charge in [0, 0.05) is 23.4 Å². The normalized spacial score (nSPS) is 10.4. The van der Waals surface area contributed by atoms with E-state index in [0.717, 1.165) is 21.3 Å². The number of aryl methyl sites for hydroxylation is 3. The molecule has 3 nitrogen and oxygen atoms in total. The lowest BCUT2D eigenvalue weighted by Crippen LogP contribution is -2.15. The molecule has 0 saturated carbocycles. The van der Waals surface area contributed by atoms with E-state index < -0.39 is 0 Å². The number of rotatable bonds is 2. The third-order valence-electron chi connectivity index (χ3n) is 2.87. The minimum absolute atomic E-state index is 0.0939. The van der Waals surface area contributed by atoms with Gasteiger partial charge >= 0.3 is 0 Å². The van der Waals surface area contributed by atoms with E-state index in [1.54, 1.807) is 10.6 Å². The number of anilines is 1. The monoisotopic (exact) mass is 306 g/mol. The molecule has 1 heterocycles. The Kier molecular flexibility index (Phi) is 3.57. The summed E-state index contributed by atoms with van der Waals surface area (Å²) in [5.41, 5.74) is 3.68. The first kappa shape index (κ1) is 12.9. The maximum Gasteiger partial charge on any atom is 0.272 e. The van der Waals surface area contributed by atoms with E-state index in [9.17, 15) is 4.79 Å². The van der Waals surface area contributed by atoms with Gasteiger partial charge in [-0.25, -0.2) is 0 Å². The van der Waals surface area contributed by atoms with E-state index in [1.165, 1.54) is 0 Å². The highest BCUT2D eigenvalue weighted by molar-refractivity contribution is 9.10. The number of carbonyl (C=O) groups excluding carboxylic acids is 1. The summed E-state index contributed by atoms with van der Waals surface area (Å²) in [7, 11) is 1.85. The molecular weight excluding hydrogens is 292 g/mol. The molecule has 0 unspecified atom stereocenters. The maximum atomic E-state index is 12.1. The lowest BCUT2D eigenvalue weighted by atomic mass is 10.1. The summed E-state index contributed by atoms with van der Waals surface area (Å²) >= 11 is 3.51. The Morgan fingerprint density at radius 3 is 2.39 bits per heavy atom.